The van der Waals surface area contributed by atoms with Crippen molar-refractivity contribution in [2.45, 2.75) is 32.9 Å². The largest absolute Gasteiger partial charge is 0.444 e. The summed E-state index contributed by atoms with van der Waals surface area (Å²) in [5.41, 5.74) is 0.341. The number of nitrogens with zero attached hydrogens (tertiary/aromatic N) is 4. The fourth-order valence-corrected chi connectivity index (χ4v) is 2.08. The zero-order chi connectivity index (χ0) is 16.9. The summed E-state index contributed by atoms with van der Waals surface area (Å²) in [6.07, 6.45) is 3.29. The number of rotatable bonds is 4. The van der Waals surface area contributed by atoms with Gasteiger partial charge in [0.25, 0.3) is 0 Å². The molecule has 0 saturated heterocycles. The van der Waals surface area contributed by atoms with Gasteiger partial charge in [0.15, 0.2) is 0 Å². The Kier molecular flexibility index (Phi) is 5.59. The van der Waals surface area contributed by atoms with Crippen LogP contribution in [0, 0.1) is 0 Å². The number of nitrogens with one attached hydrogen (secondary N) is 1. The average Bonchev–Trinajstić information content (AvgIpc) is 2.91. The van der Waals surface area contributed by atoms with Crippen LogP contribution in [-0.2, 0) is 16.0 Å². The van der Waals surface area contributed by atoms with Gasteiger partial charge in [0.1, 0.15) is 11.4 Å². The summed E-state index contributed by atoms with van der Waals surface area (Å²) in [6, 6.07) is 0. The van der Waals surface area contributed by atoms with Gasteiger partial charge in [-0.3, -0.25) is 14.6 Å². The topological polar surface area (TPSA) is 81.0 Å². The lowest BCUT2D eigenvalue weighted by molar-refractivity contribution is 0.0278. The Labute approximate surface area is 136 Å². The van der Waals surface area contributed by atoms with Crippen molar-refractivity contribution in [1.29, 1.82) is 0 Å². The van der Waals surface area contributed by atoms with Gasteiger partial charge in [0, 0.05) is 19.9 Å². The predicted molar refractivity (Wildman–Crippen MR) is 87.8 cm³/mol. The number of ether oxygens (including phenoxy) is 2. The molecule has 128 valence electrons. The maximum Gasteiger partial charge on any atom is 0.410 e. The molecule has 0 aromatic carbocycles. The SMILES string of the molecule is COCCn1cc(NC2=NCCN(C(=O)OC(C)(C)C)C2)cn1. The van der Waals surface area contributed by atoms with Gasteiger partial charge in [-0.05, 0) is 20.8 Å². The normalized spacial score (nSPS) is 15.3. The number of anilines is 1. The fraction of sp³-hybridized carbons (Fsp3) is 0.667. The van der Waals surface area contributed by atoms with E-state index >= 15 is 0 Å². The molecule has 0 fully saturated rings. The lowest BCUT2D eigenvalue weighted by Crippen LogP contribution is -2.45. The molecule has 2 heterocycles. The number of amidine groups is 1. The third kappa shape index (κ3) is 5.55. The molecule has 0 unspecified atom stereocenters. The van der Waals surface area contributed by atoms with Crippen LogP contribution < -0.4 is 5.32 Å². The average molecular weight is 323 g/mol. The number of hydrogen-bond acceptors (Lipinski definition) is 6. The fourth-order valence-electron chi connectivity index (χ4n) is 2.08. The molecule has 0 aliphatic carbocycles. The maximum atomic E-state index is 12.1. The number of hydrogen-bond donors (Lipinski definition) is 1. The van der Waals surface area contributed by atoms with Crippen molar-refractivity contribution >= 4 is 17.6 Å². The minimum absolute atomic E-state index is 0.317. The van der Waals surface area contributed by atoms with E-state index in [4.69, 9.17) is 9.47 Å². The number of carbonyl (C=O) groups excluding carboxylic acids is 1. The van der Waals surface area contributed by atoms with Crippen LogP contribution in [0.2, 0.25) is 0 Å². The highest BCUT2D eigenvalue weighted by atomic mass is 16.6. The minimum Gasteiger partial charge on any atom is -0.444 e. The van der Waals surface area contributed by atoms with Gasteiger partial charge < -0.3 is 14.8 Å². The van der Waals surface area contributed by atoms with Crippen LogP contribution in [0.1, 0.15) is 20.8 Å². The van der Waals surface area contributed by atoms with Crippen molar-refractivity contribution in [3.05, 3.63) is 12.4 Å². The summed E-state index contributed by atoms with van der Waals surface area (Å²) >= 11 is 0. The molecular weight excluding hydrogens is 298 g/mol. The second kappa shape index (κ2) is 7.45. The number of methoxy groups -OCH3 is 1. The molecule has 0 atom stereocenters. The quantitative estimate of drug-likeness (QED) is 0.910. The highest BCUT2D eigenvalue weighted by Crippen LogP contribution is 2.12. The second-order valence-corrected chi connectivity index (χ2v) is 6.34. The van der Waals surface area contributed by atoms with Crippen LogP contribution in [0.4, 0.5) is 10.5 Å². The van der Waals surface area contributed by atoms with Crippen LogP contribution in [0.3, 0.4) is 0 Å². The van der Waals surface area contributed by atoms with Gasteiger partial charge in [0.05, 0.1) is 38.1 Å². The second-order valence-electron chi connectivity index (χ2n) is 6.34. The Balaban J connectivity index is 1.90. The number of aliphatic imine (C=N–C) groups is 1. The summed E-state index contributed by atoms with van der Waals surface area (Å²) < 4.78 is 12.2. The van der Waals surface area contributed by atoms with Crippen molar-refractivity contribution in [1.82, 2.24) is 14.7 Å². The zero-order valence-corrected chi connectivity index (χ0v) is 14.2. The molecule has 0 saturated carbocycles. The summed E-state index contributed by atoms with van der Waals surface area (Å²) in [6.45, 7) is 8.39. The van der Waals surface area contributed by atoms with Gasteiger partial charge in [-0.2, -0.15) is 5.10 Å². The van der Waals surface area contributed by atoms with E-state index in [0.29, 0.717) is 32.8 Å². The summed E-state index contributed by atoms with van der Waals surface area (Å²) in [5.74, 6) is 0.730. The molecule has 8 nitrogen and oxygen atoms in total. The standard InChI is InChI=1S/C15H25N5O3/c1-15(2,3)23-14(21)19-6-5-16-13(11-19)18-12-9-17-20(10-12)7-8-22-4/h9-10H,5-8,11H2,1-4H3,(H,16,18). The zero-order valence-electron chi connectivity index (χ0n) is 14.2. The first-order chi connectivity index (χ1) is 10.9. The van der Waals surface area contributed by atoms with E-state index in [-0.39, 0.29) is 6.09 Å². The predicted octanol–water partition coefficient (Wildman–Crippen LogP) is 1.59. The van der Waals surface area contributed by atoms with Crippen molar-refractivity contribution in [3.63, 3.8) is 0 Å². The molecule has 1 aliphatic rings. The van der Waals surface area contributed by atoms with Crippen molar-refractivity contribution in [2.24, 2.45) is 4.99 Å². The van der Waals surface area contributed by atoms with E-state index in [9.17, 15) is 4.79 Å². The monoisotopic (exact) mass is 323 g/mol. The Morgan fingerprint density at radius 2 is 2.22 bits per heavy atom. The summed E-state index contributed by atoms with van der Waals surface area (Å²) in [7, 11) is 1.66. The first kappa shape index (κ1) is 17.3. The molecule has 8 heteroatoms. The molecule has 0 radical (unpaired) electrons. The van der Waals surface area contributed by atoms with E-state index in [1.54, 1.807) is 22.9 Å². The molecule has 0 bridgehead atoms. The van der Waals surface area contributed by atoms with E-state index in [0.717, 1.165) is 11.5 Å². The number of aromatic nitrogens is 2. The van der Waals surface area contributed by atoms with Crippen LogP contribution in [0.5, 0.6) is 0 Å². The van der Waals surface area contributed by atoms with Gasteiger partial charge in [0.2, 0.25) is 0 Å². The van der Waals surface area contributed by atoms with Crippen LogP contribution in [0.15, 0.2) is 17.4 Å². The molecule has 1 aromatic rings. The summed E-state index contributed by atoms with van der Waals surface area (Å²) in [4.78, 5) is 18.2. The van der Waals surface area contributed by atoms with Gasteiger partial charge in [-0.15, -0.1) is 0 Å². The van der Waals surface area contributed by atoms with E-state index in [2.05, 4.69) is 15.4 Å². The molecule has 1 amide bonds. The van der Waals surface area contributed by atoms with E-state index in [1.807, 2.05) is 27.0 Å². The molecule has 0 spiro atoms. The maximum absolute atomic E-state index is 12.1. The molecule has 23 heavy (non-hydrogen) atoms. The highest BCUT2D eigenvalue weighted by molar-refractivity contribution is 5.98. The first-order valence-corrected chi connectivity index (χ1v) is 7.67. The Bertz CT molecular complexity index is 562. The van der Waals surface area contributed by atoms with Gasteiger partial charge in [-0.1, -0.05) is 0 Å². The molecule has 1 N–H and O–H groups in total. The Morgan fingerprint density at radius 1 is 1.43 bits per heavy atom. The lowest BCUT2D eigenvalue weighted by Gasteiger charge is -2.29. The smallest absolute Gasteiger partial charge is 0.410 e. The van der Waals surface area contributed by atoms with Gasteiger partial charge >= 0.3 is 6.09 Å². The van der Waals surface area contributed by atoms with Crippen LogP contribution in [0.25, 0.3) is 0 Å². The van der Waals surface area contributed by atoms with Crippen LogP contribution in [-0.4, -0.2) is 65.6 Å². The van der Waals surface area contributed by atoms with Crippen molar-refractivity contribution in [2.75, 3.05) is 38.7 Å². The number of carbonyl (C=O) groups is 1. The minimum atomic E-state index is -0.498. The third-order valence-electron chi connectivity index (χ3n) is 3.11. The third-order valence-corrected chi connectivity index (χ3v) is 3.11. The van der Waals surface area contributed by atoms with E-state index in [1.165, 1.54) is 0 Å². The molecule has 1 aromatic heterocycles. The first-order valence-electron chi connectivity index (χ1n) is 7.67. The van der Waals surface area contributed by atoms with Crippen LogP contribution >= 0.6 is 0 Å². The lowest BCUT2D eigenvalue weighted by atomic mass is 10.2. The number of amides is 1. The molecular formula is C15H25N5O3. The highest BCUT2D eigenvalue weighted by Gasteiger charge is 2.25. The van der Waals surface area contributed by atoms with E-state index < -0.39 is 5.60 Å². The van der Waals surface area contributed by atoms with Gasteiger partial charge in [-0.25, -0.2) is 4.79 Å². The summed E-state index contributed by atoms with van der Waals surface area (Å²) in [5, 5.41) is 7.44. The molecule has 2 rings (SSSR count). The Hall–Kier alpha value is -2.09. The molecule has 1 aliphatic heterocycles. The van der Waals surface area contributed by atoms with Crippen molar-refractivity contribution < 1.29 is 14.3 Å². The Morgan fingerprint density at radius 3 is 2.91 bits per heavy atom. The van der Waals surface area contributed by atoms with Crippen molar-refractivity contribution in [3.8, 4) is 0 Å².